The van der Waals surface area contributed by atoms with Crippen molar-refractivity contribution >= 4 is 29.9 Å². The van der Waals surface area contributed by atoms with E-state index in [9.17, 15) is 0 Å². The van der Waals surface area contributed by atoms with Crippen LogP contribution in [0.2, 0.25) is 0 Å². The number of benzene rings is 1. The van der Waals surface area contributed by atoms with Gasteiger partial charge in [-0.15, -0.1) is 24.0 Å². The summed E-state index contributed by atoms with van der Waals surface area (Å²) in [7, 11) is 2.21. The predicted octanol–water partition coefficient (Wildman–Crippen LogP) is 4.09. The lowest BCUT2D eigenvalue weighted by Gasteiger charge is -2.32. The molecule has 1 saturated carbocycles. The Hall–Kier alpha value is -0.900. The number of rotatable bonds is 11. The lowest BCUT2D eigenvalue weighted by atomic mass is 9.83. The molecule has 2 N–H and O–H groups in total. The molecular formula is C26H46IN5O. The first kappa shape index (κ1) is 28.3. The molecule has 6 nitrogen and oxygen atoms in total. The van der Waals surface area contributed by atoms with Gasteiger partial charge >= 0.3 is 0 Å². The average molecular weight is 572 g/mol. The Balaban J connectivity index is 0.00000385. The highest BCUT2D eigenvalue weighted by Gasteiger charge is 2.33. The van der Waals surface area contributed by atoms with E-state index in [4.69, 9.17) is 9.73 Å². The van der Waals surface area contributed by atoms with Gasteiger partial charge in [0.1, 0.15) is 0 Å². The first-order valence-corrected chi connectivity index (χ1v) is 12.7. The molecular weight excluding hydrogens is 525 g/mol. The highest BCUT2D eigenvalue weighted by atomic mass is 127. The minimum Gasteiger partial charge on any atom is -0.382 e. The molecule has 3 rings (SSSR count). The topological polar surface area (TPSA) is 52.1 Å². The Bertz CT molecular complexity index is 682. The summed E-state index contributed by atoms with van der Waals surface area (Å²) in [6.07, 6.45) is 6.40. The maximum Gasteiger partial charge on any atom is 0.191 e. The van der Waals surface area contributed by atoms with Crippen LogP contribution in [0, 0.1) is 5.41 Å². The molecule has 1 aromatic rings. The Kier molecular flexibility index (Phi) is 13.0. The summed E-state index contributed by atoms with van der Waals surface area (Å²) in [5, 5.41) is 7.07. The van der Waals surface area contributed by atoms with Gasteiger partial charge in [0.05, 0.1) is 6.54 Å². The van der Waals surface area contributed by atoms with Crippen molar-refractivity contribution in [3.63, 3.8) is 0 Å². The molecule has 0 spiro atoms. The number of nitrogens with zero attached hydrogens (tertiary/aromatic N) is 3. The molecule has 0 radical (unpaired) electrons. The molecule has 1 saturated heterocycles. The second-order valence-electron chi connectivity index (χ2n) is 9.60. The summed E-state index contributed by atoms with van der Waals surface area (Å²) in [6.45, 7) is 14.1. The van der Waals surface area contributed by atoms with Gasteiger partial charge in [-0.25, -0.2) is 4.99 Å². The number of piperazine rings is 1. The summed E-state index contributed by atoms with van der Waals surface area (Å²) >= 11 is 0. The maximum atomic E-state index is 5.66. The largest absolute Gasteiger partial charge is 0.382 e. The number of guanidine groups is 1. The van der Waals surface area contributed by atoms with Crippen molar-refractivity contribution in [1.82, 2.24) is 20.4 Å². The summed E-state index contributed by atoms with van der Waals surface area (Å²) in [5.74, 6) is 0.927. The van der Waals surface area contributed by atoms with E-state index < -0.39 is 0 Å². The molecule has 1 aromatic carbocycles. The molecule has 1 aliphatic heterocycles. The number of likely N-dealkylation sites (N-methyl/N-ethyl adjacent to an activating group) is 1. The van der Waals surface area contributed by atoms with Crippen LogP contribution in [0.1, 0.15) is 57.1 Å². The summed E-state index contributed by atoms with van der Waals surface area (Å²) in [6, 6.07) is 9.01. The molecule has 0 bridgehead atoms. The van der Waals surface area contributed by atoms with Gasteiger partial charge < -0.3 is 20.3 Å². The standard InChI is InChI=1S/C26H45N5O.HI/c1-4-27-25(29-22-26(12-6-7-13-26)14-19-32-5-2)28-20-23-8-10-24(11-9-23)21-31-17-15-30(3)16-18-31;/h8-11H,4-7,12-22H2,1-3H3,(H2,27,28,29);1H. The van der Waals surface area contributed by atoms with Gasteiger partial charge in [0.15, 0.2) is 5.96 Å². The van der Waals surface area contributed by atoms with E-state index in [1.807, 2.05) is 0 Å². The average Bonchev–Trinajstić information content (AvgIpc) is 3.27. The quantitative estimate of drug-likeness (QED) is 0.181. The predicted molar refractivity (Wildman–Crippen MR) is 149 cm³/mol. The Morgan fingerprint density at radius 3 is 2.30 bits per heavy atom. The molecule has 2 aliphatic rings. The van der Waals surface area contributed by atoms with Crippen LogP contribution in [-0.2, 0) is 17.8 Å². The smallest absolute Gasteiger partial charge is 0.191 e. The van der Waals surface area contributed by atoms with E-state index in [1.165, 1.54) is 49.9 Å². The van der Waals surface area contributed by atoms with Gasteiger partial charge in [-0.2, -0.15) is 0 Å². The van der Waals surface area contributed by atoms with E-state index in [2.05, 4.69) is 65.6 Å². The van der Waals surface area contributed by atoms with Crippen molar-refractivity contribution in [1.29, 1.82) is 0 Å². The normalized spacial score (nSPS) is 19.3. The molecule has 0 atom stereocenters. The lowest BCUT2D eigenvalue weighted by molar-refractivity contribution is 0.105. The monoisotopic (exact) mass is 571 g/mol. The zero-order valence-corrected chi connectivity index (χ0v) is 23.4. The number of nitrogens with one attached hydrogen (secondary N) is 2. The second kappa shape index (κ2) is 15.2. The van der Waals surface area contributed by atoms with Crippen LogP contribution in [0.25, 0.3) is 0 Å². The van der Waals surface area contributed by atoms with Crippen LogP contribution in [0.3, 0.4) is 0 Å². The van der Waals surface area contributed by atoms with Gasteiger partial charge in [-0.1, -0.05) is 37.1 Å². The van der Waals surface area contributed by atoms with Crippen molar-refractivity contribution in [3.05, 3.63) is 35.4 Å². The fourth-order valence-corrected chi connectivity index (χ4v) is 4.87. The van der Waals surface area contributed by atoms with E-state index in [-0.39, 0.29) is 24.0 Å². The van der Waals surface area contributed by atoms with Crippen molar-refractivity contribution in [2.75, 3.05) is 59.5 Å². The van der Waals surface area contributed by atoms with Crippen molar-refractivity contribution in [3.8, 4) is 0 Å². The van der Waals surface area contributed by atoms with Gasteiger partial charge in [0, 0.05) is 59.0 Å². The third kappa shape index (κ3) is 9.70. The van der Waals surface area contributed by atoms with Gasteiger partial charge in [-0.3, -0.25) is 4.90 Å². The summed E-state index contributed by atoms with van der Waals surface area (Å²) in [4.78, 5) is 9.82. The Morgan fingerprint density at radius 2 is 1.67 bits per heavy atom. The van der Waals surface area contributed by atoms with Crippen LogP contribution in [0.4, 0.5) is 0 Å². The highest BCUT2D eigenvalue weighted by Crippen LogP contribution is 2.40. The fraction of sp³-hybridized carbons (Fsp3) is 0.731. The van der Waals surface area contributed by atoms with Crippen LogP contribution in [0.5, 0.6) is 0 Å². The van der Waals surface area contributed by atoms with Crippen LogP contribution in [-0.4, -0.2) is 75.3 Å². The molecule has 7 heteroatoms. The summed E-state index contributed by atoms with van der Waals surface area (Å²) in [5.41, 5.74) is 3.01. The molecule has 1 aliphatic carbocycles. The number of ether oxygens (including phenoxy) is 1. The number of halogens is 1. The Labute approximate surface area is 218 Å². The first-order chi connectivity index (χ1) is 15.6. The van der Waals surface area contributed by atoms with Crippen molar-refractivity contribution in [2.24, 2.45) is 10.4 Å². The zero-order chi connectivity index (χ0) is 22.7. The molecule has 0 amide bonds. The maximum absolute atomic E-state index is 5.66. The molecule has 0 aromatic heterocycles. The summed E-state index contributed by atoms with van der Waals surface area (Å²) < 4.78 is 5.66. The molecule has 1 heterocycles. The van der Waals surface area contributed by atoms with E-state index in [0.717, 1.165) is 58.3 Å². The third-order valence-electron chi connectivity index (χ3n) is 7.06. The first-order valence-electron chi connectivity index (χ1n) is 12.7. The highest BCUT2D eigenvalue weighted by molar-refractivity contribution is 14.0. The van der Waals surface area contributed by atoms with Gasteiger partial charge in [-0.05, 0) is 56.7 Å². The minimum absolute atomic E-state index is 0. The van der Waals surface area contributed by atoms with Crippen LogP contribution < -0.4 is 10.6 Å². The SMILES string of the molecule is CCNC(=NCc1ccc(CN2CCN(C)CC2)cc1)NCC1(CCOCC)CCCC1.I. The van der Waals surface area contributed by atoms with E-state index >= 15 is 0 Å². The minimum atomic E-state index is 0. The zero-order valence-electron chi connectivity index (χ0n) is 21.1. The lowest BCUT2D eigenvalue weighted by Crippen LogP contribution is -2.43. The van der Waals surface area contributed by atoms with Crippen molar-refractivity contribution in [2.45, 2.75) is 59.0 Å². The van der Waals surface area contributed by atoms with E-state index in [0.29, 0.717) is 12.0 Å². The molecule has 2 fully saturated rings. The third-order valence-corrected chi connectivity index (χ3v) is 7.06. The number of hydrogen-bond acceptors (Lipinski definition) is 4. The van der Waals surface area contributed by atoms with Gasteiger partial charge in [0.2, 0.25) is 0 Å². The molecule has 0 unspecified atom stereocenters. The van der Waals surface area contributed by atoms with Crippen LogP contribution in [0.15, 0.2) is 29.3 Å². The van der Waals surface area contributed by atoms with E-state index in [1.54, 1.807) is 0 Å². The van der Waals surface area contributed by atoms with Crippen LogP contribution >= 0.6 is 24.0 Å². The van der Waals surface area contributed by atoms with Gasteiger partial charge in [0.25, 0.3) is 0 Å². The second-order valence-corrected chi connectivity index (χ2v) is 9.60. The number of hydrogen-bond donors (Lipinski definition) is 2. The number of aliphatic imine (C=N–C) groups is 1. The molecule has 188 valence electrons. The molecule has 33 heavy (non-hydrogen) atoms. The van der Waals surface area contributed by atoms with Crippen molar-refractivity contribution < 1.29 is 4.74 Å². The Morgan fingerprint density at radius 1 is 1.00 bits per heavy atom. The fourth-order valence-electron chi connectivity index (χ4n) is 4.87.